The predicted octanol–water partition coefficient (Wildman–Crippen LogP) is 6.44. The zero-order valence-corrected chi connectivity index (χ0v) is 18.7. The summed E-state index contributed by atoms with van der Waals surface area (Å²) in [6, 6.07) is 25.2. The summed E-state index contributed by atoms with van der Waals surface area (Å²) in [5.41, 5.74) is 3.75. The predicted molar refractivity (Wildman–Crippen MR) is 127 cm³/mol. The summed E-state index contributed by atoms with van der Waals surface area (Å²) in [6.07, 6.45) is 2.18. The average molecular weight is 431 g/mol. The maximum absolute atomic E-state index is 12.7. The van der Waals surface area contributed by atoms with Gasteiger partial charge in [-0.2, -0.15) is 0 Å². The first kappa shape index (κ1) is 23.3. The lowest BCUT2D eigenvalue weighted by Gasteiger charge is -2.12. The van der Waals surface area contributed by atoms with E-state index in [1.54, 1.807) is 12.1 Å². The molecule has 0 saturated heterocycles. The SMILES string of the molecule is CC(C)Oc1ccc(-c2ccc(C(=O)CC(CCCc3ccccc3)C(=O)O)cc2)cc1. The van der Waals surface area contributed by atoms with Crippen LogP contribution < -0.4 is 4.74 Å². The molecule has 4 nitrogen and oxygen atoms in total. The highest BCUT2D eigenvalue weighted by molar-refractivity contribution is 5.98. The van der Waals surface area contributed by atoms with Crippen LogP contribution in [0.15, 0.2) is 78.9 Å². The Morgan fingerprint density at radius 2 is 1.44 bits per heavy atom. The molecule has 0 radical (unpaired) electrons. The van der Waals surface area contributed by atoms with E-state index in [-0.39, 0.29) is 18.3 Å². The Morgan fingerprint density at radius 1 is 0.844 bits per heavy atom. The maximum Gasteiger partial charge on any atom is 0.306 e. The molecule has 0 amide bonds. The summed E-state index contributed by atoms with van der Waals surface area (Å²) >= 11 is 0. The fourth-order valence-corrected chi connectivity index (χ4v) is 3.70. The molecule has 0 aliphatic carbocycles. The van der Waals surface area contributed by atoms with Gasteiger partial charge in [-0.1, -0.05) is 66.7 Å². The molecule has 0 bridgehead atoms. The van der Waals surface area contributed by atoms with Gasteiger partial charge in [0.1, 0.15) is 5.75 Å². The van der Waals surface area contributed by atoms with E-state index in [1.165, 1.54) is 5.56 Å². The number of rotatable bonds is 11. The lowest BCUT2D eigenvalue weighted by Crippen LogP contribution is -2.18. The van der Waals surface area contributed by atoms with Gasteiger partial charge in [-0.25, -0.2) is 0 Å². The second kappa shape index (κ2) is 11.3. The maximum atomic E-state index is 12.7. The third-order valence-electron chi connectivity index (χ3n) is 5.41. The van der Waals surface area contributed by atoms with Crippen molar-refractivity contribution in [2.75, 3.05) is 0 Å². The molecule has 0 aromatic heterocycles. The van der Waals surface area contributed by atoms with Crippen LogP contribution in [0.25, 0.3) is 11.1 Å². The Balaban J connectivity index is 1.58. The van der Waals surface area contributed by atoms with E-state index in [0.717, 1.165) is 29.7 Å². The Labute approximate surface area is 189 Å². The Bertz CT molecular complexity index is 1010. The molecule has 3 aromatic rings. The van der Waals surface area contributed by atoms with Crippen LogP contribution in [0.5, 0.6) is 5.75 Å². The van der Waals surface area contributed by atoms with Crippen molar-refractivity contribution in [2.45, 2.75) is 45.6 Å². The normalized spacial score (nSPS) is 11.8. The van der Waals surface area contributed by atoms with Crippen molar-refractivity contribution in [3.8, 4) is 16.9 Å². The van der Waals surface area contributed by atoms with Gasteiger partial charge in [0.15, 0.2) is 5.78 Å². The lowest BCUT2D eigenvalue weighted by molar-refractivity contribution is -0.141. The van der Waals surface area contributed by atoms with Crippen molar-refractivity contribution >= 4 is 11.8 Å². The molecular weight excluding hydrogens is 400 g/mol. The Hall–Kier alpha value is -3.40. The number of aryl methyl sites for hydroxylation is 1. The van der Waals surface area contributed by atoms with Crippen LogP contribution in [0.2, 0.25) is 0 Å². The van der Waals surface area contributed by atoms with Crippen LogP contribution in [0.3, 0.4) is 0 Å². The second-order valence-electron chi connectivity index (χ2n) is 8.31. The Morgan fingerprint density at radius 3 is 2.00 bits per heavy atom. The van der Waals surface area contributed by atoms with Gasteiger partial charge < -0.3 is 9.84 Å². The number of hydrogen-bond donors (Lipinski definition) is 1. The Kier molecular flexibility index (Phi) is 8.20. The topological polar surface area (TPSA) is 63.6 Å². The van der Waals surface area contributed by atoms with Crippen molar-refractivity contribution < 1.29 is 19.4 Å². The third kappa shape index (κ3) is 6.81. The van der Waals surface area contributed by atoms with Gasteiger partial charge in [-0.3, -0.25) is 9.59 Å². The molecule has 0 spiro atoms. The van der Waals surface area contributed by atoms with Crippen LogP contribution >= 0.6 is 0 Å². The molecule has 32 heavy (non-hydrogen) atoms. The van der Waals surface area contributed by atoms with E-state index in [2.05, 4.69) is 0 Å². The first-order chi connectivity index (χ1) is 15.4. The molecule has 3 aromatic carbocycles. The van der Waals surface area contributed by atoms with Crippen LogP contribution in [-0.4, -0.2) is 23.0 Å². The molecular formula is C28H30O4. The van der Waals surface area contributed by atoms with Crippen molar-refractivity contribution in [1.82, 2.24) is 0 Å². The standard InChI is InChI=1S/C28H30O4/c1-20(2)32-26-17-15-23(16-18-26)22-11-13-24(14-12-22)27(29)19-25(28(30)31)10-6-9-21-7-4-3-5-8-21/h3-5,7-8,11-18,20,25H,6,9-10,19H2,1-2H3,(H,30,31). The highest BCUT2D eigenvalue weighted by Gasteiger charge is 2.21. The van der Waals surface area contributed by atoms with Crippen LogP contribution in [0.1, 0.15) is 49.0 Å². The fourth-order valence-electron chi connectivity index (χ4n) is 3.70. The number of ketones is 1. The minimum absolute atomic E-state index is 0.0186. The smallest absolute Gasteiger partial charge is 0.306 e. The summed E-state index contributed by atoms with van der Waals surface area (Å²) in [4.78, 5) is 24.4. The van der Waals surface area contributed by atoms with Crippen LogP contribution in [-0.2, 0) is 11.2 Å². The molecule has 0 fully saturated rings. The number of Topliss-reactive ketones (excluding diaryl/α,β-unsaturated/α-hetero) is 1. The first-order valence-electron chi connectivity index (χ1n) is 11.1. The van der Waals surface area contributed by atoms with Gasteiger partial charge in [0.05, 0.1) is 12.0 Å². The molecule has 0 heterocycles. The van der Waals surface area contributed by atoms with Crippen molar-refractivity contribution in [3.63, 3.8) is 0 Å². The van der Waals surface area contributed by atoms with E-state index >= 15 is 0 Å². The third-order valence-corrected chi connectivity index (χ3v) is 5.41. The second-order valence-corrected chi connectivity index (χ2v) is 8.31. The molecule has 4 heteroatoms. The number of carboxylic acid groups (broad SMARTS) is 1. The largest absolute Gasteiger partial charge is 0.491 e. The monoisotopic (exact) mass is 430 g/mol. The summed E-state index contributed by atoms with van der Waals surface area (Å²) in [5.74, 6) is -0.891. The van der Waals surface area contributed by atoms with E-state index < -0.39 is 11.9 Å². The average Bonchev–Trinajstić information content (AvgIpc) is 2.79. The fraction of sp³-hybridized carbons (Fsp3) is 0.286. The summed E-state index contributed by atoms with van der Waals surface area (Å²) in [6.45, 7) is 3.98. The number of aliphatic carboxylic acids is 1. The minimum Gasteiger partial charge on any atom is -0.491 e. The quantitative estimate of drug-likeness (QED) is 0.356. The number of hydrogen-bond acceptors (Lipinski definition) is 3. The zero-order valence-electron chi connectivity index (χ0n) is 18.7. The van der Waals surface area contributed by atoms with E-state index in [1.807, 2.05) is 80.6 Å². The van der Waals surface area contributed by atoms with Gasteiger partial charge in [0.25, 0.3) is 0 Å². The first-order valence-corrected chi connectivity index (χ1v) is 11.1. The van der Waals surface area contributed by atoms with Gasteiger partial charge >= 0.3 is 5.97 Å². The molecule has 0 aliphatic heterocycles. The van der Waals surface area contributed by atoms with Crippen LogP contribution in [0.4, 0.5) is 0 Å². The molecule has 0 saturated carbocycles. The minimum atomic E-state index is -0.910. The van der Waals surface area contributed by atoms with Gasteiger partial charge in [0, 0.05) is 12.0 Å². The number of benzene rings is 3. The molecule has 0 aliphatic rings. The summed E-state index contributed by atoms with van der Waals surface area (Å²) in [7, 11) is 0. The van der Waals surface area contributed by atoms with Gasteiger partial charge in [-0.15, -0.1) is 0 Å². The lowest BCUT2D eigenvalue weighted by atomic mass is 9.92. The van der Waals surface area contributed by atoms with E-state index in [9.17, 15) is 14.7 Å². The van der Waals surface area contributed by atoms with Crippen molar-refractivity contribution in [2.24, 2.45) is 5.92 Å². The molecule has 3 rings (SSSR count). The van der Waals surface area contributed by atoms with Gasteiger partial charge in [-0.05, 0) is 61.9 Å². The molecule has 1 unspecified atom stereocenters. The highest BCUT2D eigenvalue weighted by Crippen LogP contribution is 2.24. The number of ether oxygens (including phenoxy) is 1. The molecule has 166 valence electrons. The van der Waals surface area contributed by atoms with Crippen molar-refractivity contribution in [3.05, 3.63) is 90.0 Å². The number of carbonyl (C=O) groups excluding carboxylic acids is 1. The highest BCUT2D eigenvalue weighted by atomic mass is 16.5. The summed E-state index contributed by atoms with van der Waals surface area (Å²) < 4.78 is 5.67. The molecule has 1 atom stereocenters. The van der Waals surface area contributed by atoms with E-state index in [4.69, 9.17) is 4.74 Å². The van der Waals surface area contributed by atoms with Crippen molar-refractivity contribution in [1.29, 1.82) is 0 Å². The molecule has 1 N–H and O–H groups in total. The van der Waals surface area contributed by atoms with Gasteiger partial charge in [0.2, 0.25) is 0 Å². The summed E-state index contributed by atoms with van der Waals surface area (Å²) in [5, 5.41) is 9.57. The van der Waals surface area contributed by atoms with Crippen LogP contribution in [0, 0.1) is 5.92 Å². The van der Waals surface area contributed by atoms with E-state index in [0.29, 0.717) is 12.0 Å². The number of carboxylic acids is 1. The number of carbonyl (C=O) groups is 2. The zero-order chi connectivity index (χ0) is 22.9.